The maximum Gasteiger partial charge on any atom is 0.433 e. The van der Waals surface area contributed by atoms with Gasteiger partial charge in [0.1, 0.15) is 17.0 Å². The number of rotatable bonds is 7. The van der Waals surface area contributed by atoms with Crippen molar-refractivity contribution in [2.75, 3.05) is 13.4 Å². The molecule has 0 spiro atoms. The number of alkyl halides is 3. The van der Waals surface area contributed by atoms with Crippen LogP contribution >= 0.6 is 0 Å². The van der Waals surface area contributed by atoms with Crippen LogP contribution in [0.3, 0.4) is 0 Å². The zero-order valence-corrected chi connectivity index (χ0v) is 22.7. The number of halogens is 3. The lowest BCUT2D eigenvalue weighted by molar-refractivity contribution is -0.140. The van der Waals surface area contributed by atoms with Gasteiger partial charge < -0.3 is 20.2 Å². The lowest BCUT2D eigenvalue weighted by atomic mass is 10.1. The van der Waals surface area contributed by atoms with E-state index in [0.29, 0.717) is 16.6 Å². The molecule has 15 heteroatoms. The highest BCUT2D eigenvalue weighted by Crippen LogP contribution is 2.37. The summed E-state index contributed by atoms with van der Waals surface area (Å²) in [6, 6.07) is 10.9. The molecule has 0 saturated heterocycles. The number of nitrogens with one attached hydrogen (secondary N) is 1. The van der Waals surface area contributed by atoms with Crippen molar-refractivity contribution >= 4 is 37.7 Å². The van der Waals surface area contributed by atoms with Gasteiger partial charge in [-0.3, -0.25) is 4.79 Å². The standard InChI is InChI=1S/C26H23F3N6O5S/c1-13(30)23-22(24(36)31-12-17-16-6-4-5-7-18(16)35(34-17)41(3,37)38)33-25(40-23)15-8-10-19(39-2)21-14(15)9-11-20(32-21)26(27,28)29/h4-11,13H,12,30H2,1-3H3,(H,31,36)/t13-/m0/s1. The van der Waals surface area contributed by atoms with Crippen LogP contribution in [0.15, 0.2) is 52.9 Å². The fourth-order valence-electron chi connectivity index (χ4n) is 4.35. The molecule has 0 bridgehead atoms. The van der Waals surface area contributed by atoms with E-state index in [4.69, 9.17) is 14.9 Å². The van der Waals surface area contributed by atoms with Crippen LogP contribution in [0.4, 0.5) is 13.2 Å². The molecule has 0 fully saturated rings. The third kappa shape index (κ3) is 5.20. The second-order valence-electron chi connectivity index (χ2n) is 9.18. The third-order valence-electron chi connectivity index (χ3n) is 6.21. The first-order chi connectivity index (χ1) is 19.3. The van der Waals surface area contributed by atoms with Gasteiger partial charge in [-0.05, 0) is 37.3 Å². The van der Waals surface area contributed by atoms with E-state index in [0.717, 1.165) is 16.4 Å². The van der Waals surface area contributed by atoms with E-state index < -0.39 is 33.8 Å². The van der Waals surface area contributed by atoms with Crippen molar-refractivity contribution in [3.05, 3.63) is 71.4 Å². The Kier molecular flexibility index (Phi) is 6.95. The number of carbonyl (C=O) groups is 1. The van der Waals surface area contributed by atoms with Crippen LogP contribution in [0, 0.1) is 0 Å². The summed E-state index contributed by atoms with van der Waals surface area (Å²) in [5.74, 6) is -0.607. The predicted molar refractivity (Wildman–Crippen MR) is 143 cm³/mol. The third-order valence-corrected chi connectivity index (χ3v) is 7.11. The first kappa shape index (κ1) is 28.0. The summed E-state index contributed by atoms with van der Waals surface area (Å²) < 4.78 is 76.3. The molecule has 0 aliphatic carbocycles. The molecule has 11 nitrogen and oxygen atoms in total. The van der Waals surface area contributed by atoms with E-state index in [2.05, 4.69) is 20.4 Å². The first-order valence-corrected chi connectivity index (χ1v) is 13.9. The summed E-state index contributed by atoms with van der Waals surface area (Å²) in [6.45, 7) is 1.43. The number of benzene rings is 2. The molecule has 2 aromatic carbocycles. The quantitative estimate of drug-likeness (QED) is 0.287. The fraction of sp³-hybridized carbons (Fsp3) is 0.231. The molecule has 0 aliphatic rings. The summed E-state index contributed by atoms with van der Waals surface area (Å²) in [5.41, 5.74) is 5.65. The van der Waals surface area contributed by atoms with Gasteiger partial charge >= 0.3 is 6.18 Å². The Bertz CT molecular complexity index is 1910. The van der Waals surface area contributed by atoms with E-state index >= 15 is 0 Å². The molecule has 41 heavy (non-hydrogen) atoms. The summed E-state index contributed by atoms with van der Waals surface area (Å²) in [7, 11) is -2.40. The number of ether oxygens (including phenoxy) is 1. The number of fused-ring (bicyclic) bond motifs is 2. The van der Waals surface area contributed by atoms with E-state index in [1.165, 1.54) is 25.3 Å². The topological polar surface area (TPSA) is 155 Å². The Morgan fingerprint density at radius 3 is 2.51 bits per heavy atom. The number of amides is 1. The number of hydrogen-bond donors (Lipinski definition) is 2. The molecule has 3 N–H and O–H groups in total. The minimum Gasteiger partial charge on any atom is -0.494 e. The summed E-state index contributed by atoms with van der Waals surface area (Å²) >= 11 is 0. The lowest BCUT2D eigenvalue weighted by Gasteiger charge is -2.11. The molecule has 3 aromatic heterocycles. The number of pyridine rings is 1. The molecular formula is C26H23F3N6O5S. The van der Waals surface area contributed by atoms with Gasteiger partial charge in [-0.15, -0.1) is 0 Å². The molecule has 5 aromatic rings. The monoisotopic (exact) mass is 588 g/mol. The van der Waals surface area contributed by atoms with E-state index in [-0.39, 0.29) is 46.1 Å². The van der Waals surface area contributed by atoms with Crippen LogP contribution in [0.1, 0.15) is 40.6 Å². The van der Waals surface area contributed by atoms with Crippen LogP contribution in [0.25, 0.3) is 33.3 Å². The molecule has 1 atom stereocenters. The van der Waals surface area contributed by atoms with Crippen LogP contribution in [-0.4, -0.2) is 46.8 Å². The molecule has 0 saturated carbocycles. The molecule has 214 valence electrons. The number of aromatic nitrogens is 4. The molecule has 0 radical (unpaired) electrons. The van der Waals surface area contributed by atoms with Crippen LogP contribution in [0.2, 0.25) is 0 Å². The highest BCUT2D eigenvalue weighted by atomic mass is 32.2. The van der Waals surface area contributed by atoms with Crippen LogP contribution in [-0.2, 0) is 22.7 Å². The van der Waals surface area contributed by atoms with Crippen LogP contribution < -0.4 is 15.8 Å². The summed E-state index contributed by atoms with van der Waals surface area (Å²) in [5, 5.41) is 7.60. The Morgan fingerprint density at radius 2 is 1.85 bits per heavy atom. The SMILES string of the molecule is COc1ccc(-c2nc(C(=O)NCc3nn(S(C)(=O)=O)c4ccccc34)c([C@H](C)N)o2)c2ccc(C(F)(F)F)nc12. The second-order valence-corrected chi connectivity index (χ2v) is 11.0. The Balaban J connectivity index is 1.52. The van der Waals surface area contributed by atoms with Crippen molar-refractivity contribution < 1.29 is 35.5 Å². The molecule has 3 heterocycles. The molecule has 0 unspecified atom stereocenters. The maximum atomic E-state index is 13.3. The lowest BCUT2D eigenvalue weighted by Crippen LogP contribution is -2.25. The number of para-hydroxylation sites is 1. The minimum absolute atomic E-state index is 0.0351. The van der Waals surface area contributed by atoms with Crippen molar-refractivity contribution in [3.8, 4) is 17.2 Å². The average Bonchev–Trinajstić information content (AvgIpc) is 3.53. The fourth-order valence-corrected chi connectivity index (χ4v) is 5.12. The van der Waals surface area contributed by atoms with Crippen molar-refractivity contribution in [2.24, 2.45) is 5.73 Å². The number of nitrogens with two attached hydrogens (primary N) is 1. The van der Waals surface area contributed by atoms with Gasteiger partial charge in [0.25, 0.3) is 15.9 Å². The summed E-state index contributed by atoms with van der Waals surface area (Å²) in [6.07, 6.45) is -3.66. The Morgan fingerprint density at radius 1 is 1.12 bits per heavy atom. The second kappa shape index (κ2) is 10.2. The number of carbonyl (C=O) groups excluding carboxylic acids is 1. The first-order valence-electron chi connectivity index (χ1n) is 12.1. The molecular weight excluding hydrogens is 565 g/mol. The Hall–Kier alpha value is -4.50. The number of nitrogens with zero attached hydrogens (tertiary/aromatic N) is 4. The van der Waals surface area contributed by atoms with Gasteiger partial charge in [0.2, 0.25) is 5.89 Å². The number of hydrogen-bond acceptors (Lipinski definition) is 9. The molecule has 5 rings (SSSR count). The van der Waals surface area contributed by atoms with Gasteiger partial charge in [-0.25, -0.2) is 18.4 Å². The van der Waals surface area contributed by atoms with Gasteiger partial charge in [0, 0.05) is 16.3 Å². The van der Waals surface area contributed by atoms with E-state index in [1.54, 1.807) is 31.2 Å². The van der Waals surface area contributed by atoms with Gasteiger partial charge in [0.15, 0.2) is 11.5 Å². The summed E-state index contributed by atoms with van der Waals surface area (Å²) in [4.78, 5) is 21.3. The highest BCUT2D eigenvalue weighted by Gasteiger charge is 2.33. The average molecular weight is 589 g/mol. The predicted octanol–water partition coefficient (Wildman–Crippen LogP) is 4.02. The number of methoxy groups -OCH3 is 1. The van der Waals surface area contributed by atoms with Crippen molar-refractivity contribution in [1.82, 2.24) is 24.5 Å². The van der Waals surface area contributed by atoms with Gasteiger partial charge in [0.05, 0.1) is 37.2 Å². The zero-order valence-electron chi connectivity index (χ0n) is 21.9. The van der Waals surface area contributed by atoms with Crippen molar-refractivity contribution in [1.29, 1.82) is 0 Å². The van der Waals surface area contributed by atoms with Gasteiger partial charge in [-0.2, -0.15) is 22.4 Å². The normalized spacial score (nSPS) is 13.0. The molecule has 0 aliphatic heterocycles. The zero-order chi connectivity index (χ0) is 29.7. The maximum absolute atomic E-state index is 13.3. The molecule has 1 amide bonds. The van der Waals surface area contributed by atoms with Gasteiger partial charge in [-0.1, -0.05) is 18.2 Å². The largest absolute Gasteiger partial charge is 0.494 e. The minimum atomic E-state index is -4.67. The smallest absolute Gasteiger partial charge is 0.433 e. The van der Waals surface area contributed by atoms with Crippen molar-refractivity contribution in [3.63, 3.8) is 0 Å². The van der Waals surface area contributed by atoms with Crippen LogP contribution in [0.5, 0.6) is 5.75 Å². The number of oxazole rings is 1. The Labute approximate surface area is 231 Å². The highest BCUT2D eigenvalue weighted by molar-refractivity contribution is 7.89. The van der Waals surface area contributed by atoms with E-state index in [1.807, 2.05) is 0 Å². The van der Waals surface area contributed by atoms with Crippen molar-refractivity contribution in [2.45, 2.75) is 25.7 Å². The van der Waals surface area contributed by atoms with E-state index in [9.17, 15) is 26.4 Å².